The largest absolute Gasteiger partial charge is 0.481 e. The topological polar surface area (TPSA) is 95.5 Å². The average Bonchev–Trinajstić information content (AvgIpc) is 2.61. The molecule has 27 heavy (non-hydrogen) atoms. The normalized spacial score (nSPS) is 10.5. The molecule has 2 aromatic carbocycles. The lowest BCUT2D eigenvalue weighted by atomic mass is 10.1. The first kappa shape index (κ1) is 20.2. The van der Waals surface area contributed by atoms with Crippen LogP contribution in [0.15, 0.2) is 48.5 Å². The van der Waals surface area contributed by atoms with Crippen molar-refractivity contribution in [1.29, 1.82) is 0 Å². The second-order valence-corrected chi connectivity index (χ2v) is 6.77. The zero-order chi connectivity index (χ0) is 19.8. The minimum atomic E-state index is -0.837. The highest BCUT2D eigenvalue weighted by Gasteiger charge is 2.08. The molecule has 2 aromatic rings. The van der Waals surface area contributed by atoms with E-state index in [-0.39, 0.29) is 24.2 Å². The number of amides is 2. The lowest BCUT2D eigenvalue weighted by Crippen LogP contribution is -2.14. The Hall–Kier alpha value is -3.15. The Labute approximate surface area is 158 Å². The van der Waals surface area contributed by atoms with Gasteiger partial charge in [-0.15, -0.1) is 0 Å². The summed E-state index contributed by atoms with van der Waals surface area (Å²) >= 11 is 0. The van der Waals surface area contributed by atoms with E-state index < -0.39 is 5.97 Å². The number of aryl methyl sites for hydroxylation is 1. The Morgan fingerprint density at radius 3 is 2.00 bits per heavy atom. The van der Waals surface area contributed by atoms with E-state index >= 15 is 0 Å². The van der Waals surface area contributed by atoms with Gasteiger partial charge in [-0.1, -0.05) is 26.0 Å². The van der Waals surface area contributed by atoms with E-state index in [1.807, 2.05) is 13.8 Å². The number of anilines is 2. The molecule has 0 aliphatic heterocycles. The van der Waals surface area contributed by atoms with Crippen molar-refractivity contribution in [2.75, 3.05) is 10.6 Å². The Kier molecular flexibility index (Phi) is 7.11. The second-order valence-electron chi connectivity index (χ2n) is 6.77. The molecule has 6 nitrogen and oxygen atoms in total. The third kappa shape index (κ3) is 6.93. The van der Waals surface area contributed by atoms with E-state index in [9.17, 15) is 14.4 Å². The highest BCUT2D eigenvalue weighted by molar-refractivity contribution is 6.04. The monoisotopic (exact) mass is 368 g/mol. The Morgan fingerprint density at radius 2 is 1.44 bits per heavy atom. The van der Waals surface area contributed by atoms with Crippen molar-refractivity contribution in [1.82, 2.24) is 0 Å². The summed E-state index contributed by atoms with van der Waals surface area (Å²) in [5.41, 5.74) is 2.66. The van der Waals surface area contributed by atoms with Gasteiger partial charge < -0.3 is 15.7 Å². The summed E-state index contributed by atoms with van der Waals surface area (Å²) < 4.78 is 0. The lowest BCUT2D eigenvalue weighted by Gasteiger charge is -2.09. The number of nitrogens with one attached hydrogen (secondary N) is 2. The molecule has 0 heterocycles. The van der Waals surface area contributed by atoms with Gasteiger partial charge in [0.25, 0.3) is 5.91 Å². The summed E-state index contributed by atoms with van der Waals surface area (Å²) in [7, 11) is 0. The van der Waals surface area contributed by atoms with Crippen LogP contribution in [0.4, 0.5) is 11.4 Å². The Bertz CT molecular complexity index is 796. The van der Waals surface area contributed by atoms with Crippen LogP contribution in [0.1, 0.15) is 42.6 Å². The number of carboxylic acid groups (broad SMARTS) is 1. The SMILES string of the molecule is CC(C)CC(=O)Nc1ccc(C(=O)Nc2ccc(CCC(=O)O)cc2)cc1. The van der Waals surface area contributed by atoms with Crippen molar-refractivity contribution in [3.05, 3.63) is 59.7 Å². The molecule has 2 rings (SSSR count). The summed E-state index contributed by atoms with van der Waals surface area (Å²) in [5.74, 6) is -0.861. The number of aliphatic carboxylic acids is 1. The summed E-state index contributed by atoms with van der Waals surface area (Å²) in [6.45, 7) is 3.96. The van der Waals surface area contributed by atoms with Gasteiger partial charge in [0.2, 0.25) is 5.91 Å². The standard InChI is InChI=1S/C21H24N2O4/c1-14(2)13-19(24)22-17-10-6-16(7-11-17)21(27)23-18-8-3-15(4-9-18)5-12-20(25)26/h3-4,6-11,14H,5,12-13H2,1-2H3,(H,22,24)(H,23,27)(H,25,26). The summed E-state index contributed by atoms with van der Waals surface area (Å²) in [6.07, 6.45) is 0.976. The smallest absolute Gasteiger partial charge is 0.303 e. The van der Waals surface area contributed by atoms with Crippen molar-refractivity contribution in [3.8, 4) is 0 Å². The zero-order valence-corrected chi connectivity index (χ0v) is 15.5. The van der Waals surface area contributed by atoms with Gasteiger partial charge in [0.1, 0.15) is 0 Å². The highest BCUT2D eigenvalue weighted by Crippen LogP contribution is 2.15. The van der Waals surface area contributed by atoms with Crippen LogP contribution in [-0.4, -0.2) is 22.9 Å². The third-order valence-corrected chi connectivity index (χ3v) is 3.86. The van der Waals surface area contributed by atoms with Crippen molar-refractivity contribution in [3.63, 3.8) is 0 Å². The van der Waals surface area contributed by atoms with Crippen molar-refractivity contribution < 1.29 is 19.5 Å². The maximum absolute atomic E-state index is 12.3. The summed E-state index contributed by atoms with van der Waals surface area (Å²) in [5, 5.41) is 14.3. The van der Waals surface area contributed by atoms with Gasteiger partial charge in [-0.3, -0.25) is 14.4 Å². The third-order valence-electron chi connectivity index (χ3n) is 3.86. The van der Waals surface area contributed by atoms with Crippen molar-refractivity contribution >= 4 is 29.2 Å². The minimum Gasteiger partial charge on any atom is -0.481 e. The first-order valence-electron chi connectivity index (χ1n) is 8.85. The highest BCUT2D eigenvalue weighted by atomic mass is 16.4. The van der Waals surface area contributed by atoms with Crippen molar-refractivity contribution in [2.24, 2.45) is 5.92 Å². The van der Waals surface area contributed by atoms with E-state index in [1.165, 1.54) is 0 Å². The number of carbonyl (C=O) groups excluding carboxylic acids is 2. The second kappa shape index (κ2) is 9.52. The van der Waals surface area contributed by atoms with E-state index in [4.69, 9.17) is 5.11 Å². The molecule has 0 aromatic heterocycles. The molecule has 0 atom stereocenters. The van der Waals surface area contributed by atoms with Gasteiger partial charge in [0, 0.05) is 29.8 Å². The summed E-state index contributed by atoms with van der Waals surface area (Å²) in [6, 6.07) is 13.8. The maximum atomic E-state index is 12.3. The minimum absolute atomic E-state index is 0.0508. The molecule has 2 amide bonds. The number of hydrogen-bond acceptors (Lipinski definition) is 3. The predicted octanol–water partition coefficient (Wildman–Crippen LogP) is 3.94. The number of carboxylic acids is 1. The molecule has 0 bridgehead atoms. The van der Waals surface area contributed by atoms with Gasteiger partial charge in [-0.25, -0.2) is 0 Å². The average molecular weight is 368 g/mol. The van der Waals surface area contributed by atoms with Crippen LogP contribution in [-0.2, 0) is 16.0 Å². The molecule has 142 valence electrons. The van der Waals surface area contributed by atoms with E-state index in [2.05, 4.69) is 10.6 Å². The molecular formula is C21H24N2O4. The van der Waals surface area contributed by atoms with Crippen LogP contribution in [0.3, 0.4) is 0 Å². The van der Waals surface area contributed by atoms with Crippen LogP contribution >= 0.6 is 0 Å². The van der Waals surface area contributed by atoms with E-state index in [1.54, 1.807) is 48.5 Å². The summed E-state index contributed by atoms with van der Waals surface area (Å²) in [4.78, 5) is 34.7. The van der Waals surface area contributed by atoms with Gasteiger partial charge in [0.05, 0.1) is 0 Å². The zero-order valence-electron chi connectivity index (χ0n) is 15.5. The number of carbonyl (C=O) groups is 3. The van der Waals surface area contributed by atoms with Crippen LogP contribution in [0.25, 0.3) is 0 Å². The molecule has 0 spiro atoms. The quantitative estimate of drug-likeness (QED) is 0.657. The first-order chi connectivity index (χ1) is 12.8. The molecule has 6 heteroatoms. The van der Waals surface area contributed by atoms with Gasteiger partial charge in [-0.2, -0.15) is 0 Å². The van der Waals surface area contributed by atoms with E-state index in [0.717, 1.165) is 5.56 Å². The first-order valence-corrected chi connectivity index (χ1v) is 8.85. The molecule has 0 unspecified atom stereocenters. The number of hydrogen-bond donors (Lipinski definition) is 3. The fourth-order valence-corrected chi connectivity index (χ4v) is 2.50. The Balaban J connectivity index is 1.91. The maximum Gasteiger partial charge on any atom is 0.303 e. The van der Waals surface area contributed by atoms with Gasteiger partial charge in [-0.05, 0) is 54.3 Å². The van der Waals surface area contributed by atoms with E-state index in [0.29, 0.717) is 29.8 Å². The van der Waals surface area contributed by atoms with Crippen LogP contribution < -0.4 is 10.6 Å². The fourth-order valence-electron chi connectivity index (χ4n) is 2.50. The Morgan fingerprint density at radius 1 is 0.889 bits per heavy atom. The van der Waals surface area contributed by atoms with Crippen LogP contribution in [0.5, 0.6) is 0 Å². The van der Waals surface area contributed by atoms with Gasteiger partial charge in [0.15, 0.2) is 0 Å². The van der Waals surface area contributed by atoms with Crippen LogP contribution in [0.2, 0.25) is 0 Å². The number of benzene rings is 2. The van der Waals surface area contributed by atoms with Crippen molar-refractivity contribution in [2.45, 2.75) is 33.1 Å². The van der Waals surface area contributed by atoms with Crippen LogP contribution in [0, 0.1) is 5.92 Å². The molecule has 0 aliphatic rings. The molecule has 0 saturated heterocycles. The molecule has 0 radical (unpaired) electrons. The fraction of sp³-hybridized carbons (Fsp3) is 0.286. The molecular weight excluding hydrogens is 344 g/mol. The molecule has 0 saturated carbocycles. The number of rotatable bonds is 8. The molecule has 0 aliphatic carbocycles. The molecule has 3 N–H and O–H groups in total. The predicted molar refractivity (Wildman–Crippen MR) is 105 cm³/mol. The van der Waals surface area contributed by atoms with Gasteiger partial charge >= 0.3 is 5.97 Å². The molecule has 0 fully saturated rings. The lowest BCUT2D eigenvalue weighted by molar-refractivity contribution is -0.137.